The minimum atomic E-state index is -0.659. The summed E-state index contributed by atoms with van der Waals surface area (Å²) in [4.78, 5) is 14.7. The van der Waals surface area contributed by atoms with E-state index in [1.54, 1.807) is 0 Å². The van der Waals surface area contributed by atoms with Crippen molar-refractivity contribution >= 4 is 17.5 Å². The van der Waals surface area contributed by atoms with Gasteiger partial charge in [0.25, 0.3) is 0 Å². The average molecular weight is 346 g/mol. The fraction of sp³-hybridized carbons (Fsp3) is 0.579. The molecule has 1 N–H and O–H groups in total. The van der Waals surface area contributed by atoms with Gasteiger partial charge in [0.15, 0.2) is 0 Å². The van der Waals surface area contributed by atoms with Crippen LogP contribution in [0.15, 0.2) is 24.3 Å². The SMILES string of the molecule is N#CC1(NC(=O)CN2CC[C@H]2c2ccc(Cl)cc2)CCCCCC1. The Hall–Kier alpha value is -1.57. The standard InChI is InChI=1S/C19H24ClN3O/c20-16-7-5-15(6-8-16)17-9-12-23(17)13-18(24)22-19(14-21)10-3-1-2-4-11-19/h5-8,17H,1-4,9-13H2,(H,22,24)/t17-/m0/s1. The van der Waals surface area contributed by atoms with Gasteiger partial charge in [0.1, 0.15) is 5.54 Å². The summed E-state index contributed by atoms with van der Waals surface area (Å²) < 4.78 is 0. The van der Waals surface area contributed by atoms with Crippen LogP contribution in [-0.4, -0.2) is 29.4 Å². The number of hydrogen-bond donors (Lipinski definition) is 1. The first kappa shape index (κ1) is 17.3. The number of halogens is 1. The van der Waals surface area contributed by atoms with Gasteiger partial charge in [-0.3, -0.25) is 9.69 Å². The van der Waals surface area contributed by atoms with Crippen molar-refractivity contribution in [1.29, 1.82) is 5.26 Å². The zero-order chi connectivity index (χ0) is 17.0. The molecule has 1 aliphatic heterocycles. The summed E-state index contributed by atoms with van der Waals surface area (Å²) in [6.07, 6.45) is 6.95. The third kappa shape index (κ3) is 3.91. The van der Waals surface area contributed by atoms with Crippen molar-refractivity contribution in [1.82, 2.24) is 10.2 Å². The lowest BCUT2D eigenvalue weighted by molar-refractivity contribution is -0.125. The van der Waals surface area contributed by atoms with E-state index in [1.807, 2.05) is 24.3 Å². The van der Waals surface area contributed by atoms with Crippen LogP contribution in [0.2, 0.25) is 5.02 Å². The maximum absolute atomic E-state index is 12.5. The summed E-state index contributed by atoms with van der Waals surface area (Å²) in [6.45, 7) is 1.27. The fourth-order valence-electron chi connectivity index (χ4n) is 3.78. The maximum Gasteiger partial charge on any atom is 0.235 e. The highest BCUT2D eigenvalue weighted by Gasteiger charge is 2.35. The van der Waals surface area contributed by atoms with Gasteiger partial charge in [-0.25, -0.2) is 0 Å². The fourth-order valence-corrected chi connectivity index (χ4v) is 3.91. The number of likely N-dealkylation sites (tertiary alicyclic amines) is 1. The molecule has 1 heterocycles. The topological polar surface area (TPSA) is 56.1 Å². The van der Waals surface area contributed by atoms with Gasteiger partial charge in [-0.1, -0.05) is 49.4 Å². The number of benzene rings is 1. The molecule has 24 heavy (non-hydrogen) atoms. The lowest BCUT2D eigenvalue weighted by Crippen LogP contribution is -2.53. The highest BCUT2D eigenvalue weighted by Crippen LogP contribution is 2.33. The van der Waals surface area contributed by atoms with Crippen LogP contribution in [-0.2, 0) is 4.79 Å². The molecule has 3 rings (SSSR count). The monoisotopic (exact) mass is 345 g/mol. The quantitative estimate of drug-likeness (QED) is 0.844. The number of carbonyl (C=O) groups excluding carboxylic acids is 1. The normalized spacial score (nSPS) is 23.6. The van der Waals surface area contributed by atoms with Crippen LogP contribution in [0.4, 0.5) is 0 Å². The molecule has 0 radical (unpaired) electrons. The van der Waals surface area contributed by atoms with E-state index in [0.717, 1.165) is 56.5 Å². The number of nitrogens with zero attached hydrogens (tertiary/aromatic N) is 2. The smallest absolute Gasteiger partial charge is 0.235 e. The van der Waals surface area contributed by atoms with Gasteiger partial charge >= 0.3 is 0 Å². The lowest BCUT2D eigenvalue weighted by atomic mass is 9.91. The van der Waals surface area contributed by atoms with Gasteiger partial charge in [0.2, 0.25) is 5.91 Å². The van der Waals surface area contributed by atoms with Gasteiger partial charge in [0, 0.05) is 17.6 Å². The molecule has 0 unspecified atom stereocenters. The predicted molar refractivity (Wildman–Crippen MR) is 94.6 cm³/mol. The molecular weight excluding hydrogens is 322 g/mol. The molecule has 1 saturated carbocycles. The van der Waals surface area contributed by atoms with Crippen LogP contribution in [0.3, 0.4) is 0 Å². The molecule has 1 atom stereocenters. The third-order valence-electron chi connectivity index (χ3n) is 5.28. The highest BCUT2D eigenvalue weighted by molar-refractivity contribution is 6.30. The molecule has 5 heteroatoms. The highest BCUT2D eigenvalue weighted by atomic mass is 35.5. The second kappa shape index (κ2) is 7.55. The van der Waals surface area contributed by atoms with Crippen molar-refractivity contribution in [3.05, 3.63) is 34.9 Å². The molecule has 0 spiro atoms. The summed E-state index contributed by atoms with van der Waals surface area (Å²) >= 11 is 5.94. The van der Waals surface area contributed by atoms with Gasteiger partial charge < -0.3 is 5.32 Å². The van der Waals surface area contributed by atoms with Gasteiger partial charge in [0.05, 0.1) is 12.6 Å². The Bertz CT molecular complexity index is 614. The Balaban J connectivity index is 1.58. The number of hydrogen-bond acceptors (Lipinski definition) is 3. The van der Waals surface area contributed by atoms with E-state index in [1.165, 1.54) is 5.56 Å². The molecule has 0 aromatic heterocycles. The molecular formula is C19H24ClN3O. The van der Waals surface area contributed by atoms with Crippen molar-refractivity contribution in [2.24, 2.45) is 0 Å². The van der Waals surface area contributed by atoms with Crippen molar-refractivity contribution < 1.29 is 4.79 Å². The van der Waals surface area contributed by atoms with E-state index in [0.29, 0.717) is 6.54 Å². The van der Waals surface area contributed by atoms with E-state index >= 15 is 0 Å². The molecule has 4 nitrogen and oxygen atoms in total. The molecule has 128 valence electrons. The molecule has 1 saturated heterocycles. The molecule has 1 aliphatic carbocycles. The first-order valence-electron chi connectivity index (χ1n) is 8.84. The Morgan fingerprint density at radius 1 is 1.25 bits per heavy atom. The molecule has 1 aromatic carbocycles. The van der Waals surface area contributed by atoms with Crippen LogP contribution in [0.25, 0.3) is 0 Å². The predicted octanol–water partition coefficient (Wildman–Crippen LogP) is 3.82. The van der Waals surface area contributed by atoms with Crippen LogP contribution in [0.1, 0.15) is 56.6 Å². The lowest BCUT2D eigenvalue weighted by Gasteiger charge is -2.41. The van der Waals surface area contributed by atoms with Crippen molar-refractivity contribution in [2.45, 2.75) is 56.5 Å². The largest absolute Gasteiger partial charge is 0.337 e. The second-order valence-corrected chi connectivity index (χ2v) is 7.42. The summed E-state index contributed by atoms with van der Waals surface area (Å²) in [5, 5.41) is 13.4. The van der Waals surface area contributed by atoms with Crippen LogP contribution >= 0.6 is 11.6 Å². The minimum absolute atomic E-state index is 0.0305. The van der Waals surface area contributed by atoms with E-state index < -0.39 is 5.54 Å². The Labute approximate surface area is 148 Å². The summed E-state index contributed by atoms with van der Waals surface area (Å²) in [7, 11) is 0. The van der Waals surface area contributed by atoms with Crippen molar-refractivity contribution in [2.75, 3.05) is 13.1 Å². The number of rotatable bonds is 4. The first-order chi connectivity index (χ1) is 11.6. The van der Waals surface area contributed by atoms with Crippen LogP contribution < -0.4 is 5.32 Å². The first-order valence-corrected chi connectivity index (χ1v) is 9.21. The molecule has 2 fully saturated rings. The minimum Gasteiger partial charge on any atom is -0.337 e. The molecule has 2 aliphatic rings. The van der Waals surface area contributed by atoms with Crippen molar-refractivity contribution in [3.8, 4) is 6.07 Å². The van der Waals surface area contributed by atoms with Crippen molar-refractivity contribution in [3.63, 3.8) is 0 Å². The summed E-state index contributed by atoms with van der Waals surface area (Å²) in [5.74, 6) is -0.0305. The van der Waals surface area contributed by atoms with Crippen LogP contribution in [0, 0.1) is 11.3 Å². The molecule has 0 bridgehead atoms. The number of carbonyl (C=O) groups is 1. The average Bonchev–Trinajstić information content (AvgIpc) is 2.80. The molecule has 1 aromatic rings. The number of amides is 1. The zero-order valence-corrected chi connectivity index (χ0v) is 14.7. The Morgan fingerprint density at radius 3 is 2.46 bits per heavy atom. The second-order valence-electron chi connectivity index (χ2n) is 6.98. The number of nitrogens with one attached hydrogen (secondary N) is 1. The van der Waals surface area contributed by atoms with E-state index in [9.17, 15) is 10.1 Å². The van der Waals surface area contributed by atoms with Gasteiger partial charge in [-0.15, -0.1) is 0 Å². The number of nitriles is 1. The van der Waals surface area contributed by atoms with Gasteiger partial charge in [-0.2, -0.15) is 5.26 Å². The van der Waals surface area contributed by atoms with E-state index in [2.05, 4.69) is 16.3 Å². The van der Waals surface area contributed by atoms with E-state index in [-0.39, 0.29) is 11.9 Å². The van der Waals surface area contributed by atoms with Gasteiger partial charge in [-0.05, 0) is 37.0 Å². The Kier molecular flexibility index (Phi) is 5.43. The van der Waals surface area contributed by atoms with E-state index in [4.69, 9.17) is 11.6 Å². The Morgan fingerprint density at radius 2 is 1.92 bits per heavy atom. The third-order valence-corrected chi connectivity index (χ3v) is 5.53. The zero-order valence-electron chi connectivity index (χ0n) is 13.9. The summed E-state index contributed by atoms with van der Waals surface area (Å²) in [5.41, 5.74) is 0.539. The maximum atomic E-state index is 12.5. The van der Waals surface area contributed by atoms with Crippen LogP contribution in [0.5, 0.6) is 0 Å². The summed E-state index contributed by atoms with van der Waals surface area (Å²) in [6, 6.07) is 10.5. The molecule has 1 amide bonds.